The number of ketones is 2. The highest BCUT2D eigenvalue weighted by Gasteiger charge is 2.07. The molecule has 100 valence electrons. The molecule has 0 amide bonds. The average Bonchev–Trinajstić information content (AvgIpc) is 2.26. The minimum absolute atomic E-state index is 0.0179. The van der Waals surface area contributed by atoms with Crippen molar-refractivity contribution in [3.8, 4) is 0 Å². The molecule has 0 aliphatic carbocycles. The maximum Gasteiger partial charge on any atom is 0.133 e. The number of ether oxygens (including phenoxy) is 1. The first-order chi connectivity index (χ1) is 7.95. The number of carbonyl (C=O) groups is 2. The highest BCUT2D eigenvalue weighted by atomic mass is 16.5. The van der Waals surface area contributed by atoms with E-state index in [1.165, 1.54) is 0 Å². The molecular weight excluding hydrogens is 220 g/mol. The smallest absolute Gasteiger partial charge is 0.133 e. The van der Waals surface area contributed by atoms with E-state index < -0.39 is 0 Å². The van der Waals surface area contributed by atoms with Crippen LogP contribution in [-0.4, -0.2) is 38.1 Å². The second-order valence-corrected chi connectivity index (χ2v) is 4.42. The Morgan fingerprint density at radius 3 is 1.59 bits per heavy atom. The fraction of sp³-hybridized carbons (Fsp3) is 0.833. The van der Waals surface area contributed by atoms with Gasteiger partial charge in [0.05, 0.1) is 13.5 Å². The maximum absolute atomic E-state index is 10.9. The Labute approximate surface area is 103 Å². The molecule has 0 fully saturated rings. The molecule has 0 heterocycles. The molecule has 5 nitrogen and oxygen atoms in total. The third kappa shape index (κ3) is 8.97. The predicted molar refractivity (Wildman–Crippen MR) is 66.5 cm³/mol. The molecule has 0 aromatic heterocycles. The Balaban J connectivity index is 3.30. The molecule has 0 aromatic rings. The van der Waals surface area contributed by atoms with Gasteiger partial charge in [-0.2, -0.15) is 0 Å². The van der Waals surface area contributed by atoms with Crippen molar-refractivity contribution in [2.75, 3.05) is 26.6 Å². The largest absolute Gasteiger partial charge is 0.351 e. The quantitative estimate of drug-likeness (QED) is 0.434. The number of rotatable bonds is 10. The van der Waals surface area contributed by atoms with Crippen LogP contribution >= 0.6 is 0 Å². The average molecular weight is 244 g/mol. The van der Waals surface area contributed by atoms with E-state index in [-0.39, 0.29) is 23.4 Å². The molecule has 2 N–H and O–H groups in total. The topological polar surface area (TPSA) is 67.4 Å². The second kappa shape index (κ2) is 9.27. The Morgan fingerprint density at radius 2 is 1.29 bits per heavy atom. The van der Waals surface area contributed by atoms with Crippen LogP contribution in [0, 0.1) is 11.8 Å². The fourth-order valence-corrected chi connectivity index (χ4v) is 1.03. The van der Waals surface area contributed by atoms with Crippen LogP contribution in [0.25, 0.3) is 0 Å². The van der Waals surface area contributed by atoms with Crippen molar-refractivity contribution in [1.82, 2.24) is 10.6 Å². The highest BCUT2D eigenvalue weighted by molar-refractivity contribution is 5.78. The van der Waals surface area contributed by atoms with E-state index in [1.807, 2.05) is 13.8 Å². The van der Waals surface area contributed by atoms with Gasteiger partial charge in [-0.25, -0.2) is 0 Å². The number of Topliss-reactive ketones (excluding diaryl/α,β-unsaturated/α-hetero) is 2. The lowest BCUT2D eigenvalue weighted by molar-refractivity contribution is -0.120. The van der Waals surface area contributed by atoms with Crippen LogP contribution in [0.3, 0.4) is 0 Å². The van der Waals surface area contributed by atoms with Crippen LogP contribution in [0.2, 0.25) is 0 Å². The van der Waals surface area contributed by atoms with Gasteiger partial charge < -0.3 is 4.74 Å². The van der Waals surface area contributed by atoms with Gasteiger partial charge in [0, 0.05) is 24.9 Å². The van der Waals surface area contributed by atoms with E-state index in [9.17, 15) is 9.59 Å². The lowest BCUT2D eigenvalue weighted by Gasteiger charge is -2.12. The van der Waals surface area contributed by atoms with Gasteiger partial charge in [0.1, 0.15) is 11.6 Å². The van der Waals surface area contributed by atoms with Crippen molar-refractivity contribution in [2.45, 2.75) is 27.7 Å². The first kappa shape index (κ1) is 16.2. The van der Waals surface area contributed by atoms with Crippen LogP contribution in [0.5, 0.6) is 0 Å². The zero-order valence-corrected chi connectivity index (χ0v) is 11.2. The molecule has 5 heteroatoms. The van der Waals surface area contributed by atoms with Crippen molar-refractivity contribution in [2.24, 2.45) is 11.8 Å². The molecule has 17 heavy (non-hydrogen) atoms. The Hall–Kier alpha value is -0.780. The standard InChI is InChI=1S/C12H24N2O3/c1-9(11(3)15)5-13-7-17-8-14-6-10(2)12(4)16/h9-10,13-14H,5-8H2,1-4H3. The summed E-state index contributed by atoms with van der Waals surface area (Å²) in [7, 11) is 0. The molecule has 0 bridgehead atoms. The molecule has 0 radical (unpaired) electrons. The molecule has 0 saturated carbocycles. The van der Waals surface area contributed by atoms with E-state index in [0.717, 1.165) is 0 Å². The molecular formula is C12H24N2O3. The summed E-state index contributed by atoms with van der Waals surface area (Å²) in [6.45, 7) is 8.97. The van der Waals surface area contributed by atoms with Crippen LogP contribution < -0.4 is 10.6 Å². The summed E-state index contributed by atoms with van der Waals surface area (Å²) in [6.07, 6.45) is 0. The lowest BCUT2D eigenvalue weighted by atomic mass is 10.1. The zero-order valence-electron chi connectivity index (χ0n) is 11.2. The van der Waals surface area contributed by atoms with Gasteiger partial charge in [-0.05, 0) is 13.8 Å². The predicted octanol–water partition coefficient (Wildman–Crippen LogP) is 0.547. The number of carbonyl (C=O) groups excluding carboxylic acids is 2. The summed E-state index contributed by atoms with van der Waals surface area (Å²) >= 11 is 0. The lowest BCUT2D eigenvalue weighted by Crippen LogP contribution is -2.31. The number of nitrogens with one attached hydrogen (secondary N) is 2. The molecule has 2 atom stereocenters. The van der Waals surface area contributed by atoms with E-state index in [4.69, 9.17) is 4.74 Å². The first-order valence-corrected chi connectivity index (χ1v) is 5.95. The summed E-state index contributed by atoms with van der Waals surface area (Å²) in [5.74, 6) is 0.380. The van der Waals surface area contributed by atoms with Crippen molar-refractivity contribution >= 4 is 11.6 Å². The fourth-order valence-electron chi connectivity index (χ4n) is 1.03. The van der Waals surface area contributed by atoms with E-state index >= 15 is 0 Å². The third-order valence-corrected chi connectivity index (χ3v) is 2.70. The number of hydrogen-bond acceptors (Lipinski definition) is 5. The van der Waals surface area contributed by atoms with Crippen LogP contribution in [0.4, 0.5) is 0 Å². The van der Waals surface area contributed by atoms with E-state index in [2.05, 4.69) is 10.6 Å². The van der Waals surface area contributed by atoms with Gasteiger partial charge in [-0.15, -0.1) is 0 Å². The summed E-state index contributed by atoms with van der Waals surface area (Å²) in [5.41, 5.74) is 0. The minimum Gasteiger partial charge on any atom is -0.351 e. The van der Waals surface area contributed by atoms with Crippen LogP contribution in [-0.2, 0) is 14.3 Å². The minimum atomic E-state index is 0.0179. The summed E-state index contributed by atoms with van der Waals surface area (Å²) in [5, 5.41) is 6.05. The van der Waals surface area contributed by atoms with E-state index in [1.54, 1.807) is 13.8 Å². The summed E-state index contributed by atoms with van der Waals surface area (Å²) in [6, 6.07) is 0. The van der Waals surface area contributed by atoms with Gasteiger partial charge >= 0.3 is 0 Å². The molecule has 0 aliphatic heterocycles. The van der Waals surface area contributed by atoms with Gasteiger partial charge in [0.25, 0.3) is 0 Å². The normalized spacial score (nSPS) is 14.4. The monoisotopic (exact) mass is 244 g/mol. The van der Waals surface area contributed by atoms with E-state index in [0.29, 0.717) is 26.6 Å². The second-order valence-electron chi connectivity index (χ2n) is 4.42. The molecule has 0 aromatic carbocycles. The van der Waals surface area contributed by atoms with Gasteiger partial charge in [-0.1, -0.05) is 13.8 Å². The summed E-state index contributed by atoms with van der Waals surface area (Å²) in [4.78, 5) is 21.8. The maximum atomic E-state index is 10.9. The molecule has 0 aliphatic rings. The highest BCUT2D eigenvalue weighted by Crippen LogP contribution is 1.93. The van der Waals surface area contributed by atoms with Gasteiger partial charge in [0.2, 0.25) is 0 Å². The zero-order chi connectivity index (χ0) is 13.3. The molecule has 0 saturated heterocycles. The SMILES string of the molecule is CC(=O)C(C)CNCOCNCC(C)C(C)=O. The third-order valence-electron chi connectivity index (χ3n) is 2.70. The Bertz CT molecular complexity index is 220. The van der Waals surface area contributed by atoms with Crippen molar-refractivity contribution in [3.05, 3.63) is 0 Å². The number of hydrogen-bond donors (Lipinski definition) is 2. The van der Waals surface area contributed by atoms with Crippen molar-refractivity contribution in [1.29, 1.82) is 0 Å². The van der Waals surface area contributed by atoms with Crippen LogP contribution in [0.15, 0.2) is 0 Å². The van der Waals surface area contributed by atoms with Crippen molar-refractivity contribution in [3.63, 3.8) is 0 Å². The molecule has 0 spiro atoms. The Morgan fingerprint density at radius 1 is 0.941 bits per heavy atom. The van der Waals surface area contributed by atoms with Gasteiger partial charge in [-0.3, -0.25) is 20.2 Å². The Kier molecular flexibility index (Phi) is 8.85. The van der Waals surface area contributed by atoms with Crippen molar-refractivity contribution < 1.29 is 14.3 Å². The van der Waals surface area contributed by atoms with Crippen LogP contribution in [0.1, 0.15) is 27.7 Å². The summed E-state index contributed by atoms with van der Waals surface area (Å²) < 4.78 is 5.25. The first-order valence-electron chi connectivity index (χ1n) is 5.95. The molecule has 2 unspecified atom stereocenters. The van der Waals surface area contributed by atoms with Gasteiger partial charge in [0.15, 0.2) is 0 Å². The molecule has 0 rings (SSSR count).